The van der Waals surface area contributed by atoms with E-state index in [1.54, 1.807) is 55.8 Å². The molecule has 1 fully saturated rings. The molecule has 1 aliphatic heterocycles. The quantitative estimate of drug-likeness (QED) is 0.438. The van der Waals surface area contributed by atoms with Crippen LogP contribution in [0.5, 0.6) is 17.4 Å². The average Bonchev–Trinajstić information content (AvgIpc) is 3.37. The van der Waals surface area contributed by atoms with Crippen molar-refractivity contribution in [2.45, 2.75) is 18.9 Å². The van der Waals surface area contributed by atoms with Gasteiger partial charge in [-0.1, -0.05) is 6.07 Å². The standard InChI is InChI=1S/C24H22N4O5/c1-31-17-7-9-18(10-8-17)33-23-20(24(30)28-11-3-2-6-21(28)27-23)13-16(14-25)22(29)26-15-19-5-4-12-32-19/h2-3,6-11,13,19H,4-5,12,15H2,1H3,(H,26,29)/b16-13+/t19-/m1/s1. The Morgan fingerprint density at radius 1 is 1.30 bits per heavy atom. The first-order valence-electron chi connectivity index (χ1n) is 10.4. The number of nitrogens with zero attached hydrogens (tertiary/aromatic N) is 3. The molecule has 0 aliphatic carbocycles. The predicted molar refractivity (Wildman–Crippen MR) is 120 cm³/mol. The Morgan fingerprint density at radius 2 is 2.09 bits per heavy atom. The maximum absolute atomic E-state index is 13.2. The minimum absolute atomic E-state index is 0.0154. The fraction of sp³-hybridized carbons (Fsp3) is 0.250. The number of carbonyl (C=O) groups excluding carboxylic acids is 1. The van der Waals surface area contributed by atoms with Gasteiger partial charge in [0.05, 0.1) is 13.2 Å². The zero-order chi connectivity index (χ0) is 23.2. The van der Waals surface area contributed by atoms with Crippen molar-refractivity contribution in [3.63, 3.8) is 0 Å². The van der Waals surface area contributed by atoms with Gasteiger partial charge >= 0.3 is 0 Å². The van der Waals surface area contributed by atoms with Gasteiger partial charge in [0.25, 0.3) is 11.5 Å². The highest BCUT2D eigenvalue weighted by atomic mass is 16.5. The molecule has 168 valence electrons. The summed E-state index contributed by atoms with van der Waals surface area (Å²) in [4.78, 5) is 30.2. The molecule has 1 N–H and O–H groups in total. The fourth-order valence-corrected chi connectivity index (χ4v) is 3.44. The van der Waals surface area contributed by atoms with Crippen LogP contribution in [-0.2, 0) is 9.53 Å². The lowest BCUT2D eigenvalue weighted by atomic mass is 10.1. The van der Waals surface area contributed by atoms with E-state index in [0.717, 1.165) is 12.8 Å². The maximum atomic E-state index is 13.2. The summed E-state index contributed by atoms with van der Waals surface area (Å²) in [6.07, 6.45) is 4.48. The molecule has 1 saturated heterocycles. The van der Waals surface area contributed by atoms with Crippen LogP contribution in [0.15, 0.2) is 59.0 Å². The molecule has 3 heterocycles. The van der Waals surface area contributed by atoms with Gasteiger partial charge in [-0.15, -0.1) is 0 Å². The van der Waals surface area contributed by atoms with Crippen LogP contribution in [0.1, 0.15) is 18.4 Å². The van der Waals surface area contributed by atoms with Gasteiger partial charge in [0.1, 0.15) is 34.4 Å². The van der Waals surface area contributed by atoms with E-state index in [2.05, 4.69) is 10.3 Å². The van der Waals surface area contributed by atoms with Crippen molar-refractivity contribution in [3.05, 3.63) is 70.2 Å². The second-order valence-corrected chi connectivity index (χ2v) is 7.36. The van der Waals surface area contributed by atoms with Gasteiger partial charge in [-0.2, -0.15) is 10.2 Å². The van der Waals surface area contributed by atoms with E-state index in [1.165, 1.54) is 10.5 Å². The normalized spacial score (nSPS) is 15.8. The van der Waals surface area contributed by atoms with Crippen LogP contribution in [-0.4, -0.2) is 41.7 Å². The molecule has 0 spiro atoms. The Hall–Kier alpha value is -4.16. The van der Waals surface area contributed by atoms with Gasteiger partial charge in [-0.05, 0) is 55.3 Å². The highest BCUT2D eigenvalue weighted by molar-refractivity contribution is 6.01. The molecule has 9 heteroatoms. The number of fused-ring (bicyclic) bond motifs is 1. The summed E-state index contributed by atoms with van der Waals surface area (Å²) in [6, 6.07) is 13.7. The van der Waals surface area contributed by atoms with Gasteiger partial charge in [0.2, 0.25) is 5.88 Å². The van der Waals surface area contributed by atoms with Crippen LogP contribution in [0.4, 0.5) is 0 Å². The van der Waals surface area contributed by atoms with Crippen molar-refractivity contribution in [1.29, 1.82) is 5.26 Å². The molecule has 0 bridgehead atoms. The number of methoxy groups -OCH3 is 1. The summed E-state index contributed by atoms with van der Waals surface area (Å²) >= 11 is 0. The molecule has 1 aromatic carbocycles. The van der Waals surface area contributed by atoms with E-state index in [9.17, 15) is 14.9 Å². The third-order valence-corrected chi connectivity index (χ3v) is 5.18. The predicted octanol–water partition coefficient (Wildman–Crippen LogP) is 2.70. The van der Waals surface area contributed by atoms with Crippen molar-refractivity contribution >= 4 is 17.6 Å². The van der Waals surface area contributed by atoms with Crippen molar-refractivity contribution in [1.82, 2.24) is 14.7 Å². The summed E-state index contributed by atoms with van der Waals surface area (Å²) in [5.74, 6) is 0.444. The number of ether oxygens (including phenoxy) is 3. The van der Waals surface area contributed by atoms with Gasteiger partial charge in [0, 0.05) is 19.3 Å². The van der Waals surface area contributed by atoms with Crippen LogP contribution in [0.25, 0.3) is 11.7 Å². The number of amides is 1. The van der Waals surface area contributed by atoms with Gasteiger partial charge in [-0.3, -0.25) is 14.0 Å². The fourth-order valence-electron chi connectivity index (χ4n) is 3.44. The molecule has 1 atom stereocenters. The number of hydrogen-bond acceptors (Lipinski definition) is 7. The molecule has 1 aliphatic rings. The van der Waals surface area contributed by atoms with E-state index in [1.807, 2.05) is 6.07 Å². The number of aromatic nitrogens is 2. The van der Waals surface area contributed by atoms with Crippen molar-refractivity contribution in [2.75, 3.05) is 20.3 Å². The Morgan fingerprint density at radius 3 is 2.79 bits per heavy atom. The third kappa shape index (κ3) is 5.02. The van der Waals surface area contributed by atoms with E-state index >= 15 is 0 Å². The number of pyridine rings is 1. The molecule has 3 aromatic rings. The number of carbonyl (C=O) groups is 1. The molecule has 4 rings (SSSR count). The molecular weight excluding hydrogens is 424 g/mol. The van der Waals surface area contributed by atoms with Crippen LogP contribution in [0, 0.1) is 11.3 Å². The Balaban J connectivity index is 1.71. The minimum Gasteiger partial charge on any atom is -0.497 e. The van der Waals surface area contributed by atoms with E-state index in [0.29, 0.717) is 30.3 Å². The zero-order valence-electron chi connectivity index (χ0n) is 18.0. The van der Waals surface area contributed by atoms with Gasteiger partial charge in [-0.25, -0.2) is 0 Å². The Bertz CT molecular complexity index is 1280. The summed E-state index contributed by atoms with van der Waals surface area (Å²) in [5.41, 5.74) is -0.353. The van der Waals surface area contributed by atoms with Crippen molar-refractivity contribution in [2.24, 2.45) is 0 Å². The van der Waals surface area contributed by atoms with Crippen molar-refractivity contribution < 1.29 is 19.0 Å². The molecule has 0 radical (unpaired) electrons. The van der Waals surface area contributed by atoms with Gasteiger partial charge < -0.3 is 19.5 Å². The van der Waals surface area contributed by atoms with Gasteiger partial charge in [0.15, 0.2) is 0 Å². The Kier molecular flexibility index (Phi) is 6.66. The number of nitrogens with one attached hydrogen (secondary N) is 1. The largest absolute Gasteiger partial charge is 0.497 e. The summed E-state index contributed by atoms with van der Waals surface area (Å²) in [7, 11) is 1.55. The maximum Gasteiger partial charge on any atom is 0.269 e. The zero-order valence-corrected chi connectivity index (χ0v) is 18.0. The number of hydrogen-bond donors (Lipinski definition) is 1. The highest BCUT2D eigenvalue weighted by Gasteiger charge is 2.20. The second kappa shape index (κ2) is 9.97. The molecule has 0 saturated carbocycles. The molecule has 2 aromatic heterocycles. The number of nitriles is 1. The molecule has 0 unspecified atom stereocenters. The first-order valence-corrected chi connectivity index (χ1v) is 10.4. The Labute approximate surface area is 189 Å². The smallest absolute Gasteiger partial charge is 0.269 e. The highest BCUT2D eigenvalue weighted by Crippen LogP contribution is 2.25. The number of rotatable bonds is 7. The SMILES string of the molecule is COc1ccc(Oc2nc3ccccn3c(=O)c2/C=C(\C#N)C(=O)NC[C@H]2CCCO2)cc1. The first-order chi connectivity index (χ1) is 16.1. The third-order valence-electron chi connectivity index (χ3n) is 5.18. The summed E-state index contributed by atoms with van der Waals surface area (Å²) < 4.78 is 17.8. The average molecular weight is 446 g/mol. The lowest BCUT2D eigenvalue weighted by molar-refractivity contribution is -0.117. The number of benzene rings is 1. The summed E-state index contributed by atoms with van der Waals surface area (Å²) in [5, 5.41) is 12.3. The van der Waals surface area contributed by atoms with Crippen LogP contribution in [0.3, 0.4) is 0 Å². The van der Waals surface area contributed by atoms with Crippen molar-refractivity contribution in [3.8, 4) is 23.4 Å². The topological polar surface area (TPSA) is 115 Å². The minimum atomic E-state index is -0.596. The second-order valence-electron chi connectivity index (χ2n) is 7.36. The lowest BCUT2D eigenvalue weighted by Gasteiger charge is -2.12. The molecular formula is C24H22N4O5. The van der Waals surface area contributed by atoms with Crippen LogP contribution in [0.2, 0.25) is 0 Å². The molecule has 9 nitrogen and oxygen atoms in total. The van der Waals surface area contributed by atoms with E-state index < -0.39 is 11.5 Å². The van der Waals surface area contributed by atoms with E-state index in [-0.39, 0.29) is 23.1 Å². The monoisotopic (exact) mass is 446 g/mol. The first kappa shape index (κ1) is 22.0. The molecule has 1 amide bonds. The van der Waals surface area contributed by atoms with E-state index in [4.69, 9.17) is 14.2 Å². The van der Waals surface area contributed by atoms with Crippen LogP contribution >= 0.6 is 0 Å². The lowest BCUT2D eigenvalue weighted by Crippen LogP contribution is -2.32. The molecule has 33 heavy (non-hydrogen) atoms. The summed E-state index contributed by atoms with van der Waals surface area (Å²) in [6.45, 7) is 0.953. The van der Waals surface area contributed by atoms with Crippen LogP contribution < -0.4 is 20.3 Å².